The highest BCUT2D eigenvalue weighted by atomic mass is 35.5. The molecule has 1 saturated heterocycles. The van der Waals surface area contributed by atoms with Crippen molar-refractivity contribution < 1.29 is 19.5 Å². The molecule has 0 saturated carbocycles. The minimum atomic E-state index is -0.299. The number of hydrogen-bond acceptors (Lipinski definition) is 5. The molecule has 132 valence electrons. The van der Waals surface area contributed by atoms with Gasteiger partial charge in [-0.05, 0) is 45.0 Å². The summed E-state index contributed by atoms with van der Waals surface area (Å²) in [4.78, 5) is 2.27. The van der Waals surface area contributed by atoms with Crippen LogP contribution in [0.1, 0.15) is 31.4 Å². The average Bonchev–Trinajstić information content (AvgIpc) is 2.82. The number of halogens is 2. The van der Waals surface area contributed by atoms with Crippen LogP contribution in [0, 0.1) is 5.82 Å². The van der Waals surface area contributed by atoms with Crippen LogP contribution in [0.15, 0.2) is 22.7 Å². The largest absolute Gasteiger partial charge is 0.412 e. The molecule has 6 N–H and O–H groups in total. The highest BCUT2D eigenvalue weighted by Crippen LogP contribution is 2.32. The minimum Gasteiger partial charge on any atom is -0.412 e. The molecule has 1 aliphatic heterocycles. The molecule has 2 aromatic rings. The second kappa shape index (κ2) is 9.14. The Labute approximate surface area is 140 Å². The Morgan fingerprint density at radius 1 is 1.39 bits per heavy atom. The fraction of sp³-hybridized carbons (Fsp3) is 0.533. The van der Waals surface area contributed by atoms with Gasteiger partial charge in [0.1, 0.15) is 5.82 Å². The van der Waals surface area contributed by atoms with Gasteiger partial charge in [0.2, 0.25) is 0 Å². The summed E-state index contributed by atoms with van der Waals surface area (Å²) < 4.78 is 18.4. The van der Waals surface area contributed by atoms with E-state index in [1.807, 2.05) is 6.92 Å². The third-order valence-corrected chi connectivity index (χ3v) is 3.96. The number of nitrogens with zero attached hydrogens (tertiary/aromatic N) is 2. The third kappa shape index (κ3) is 4.86. The van der Waals surface area contributed by atoms with E-state index in [9.17, 15) is 9.50 Å². The van der Waals surface area contributed by atoms with Crippen molar-refractivity contribution in [1.82, 2.24) is 16.2 Å². The first-order valence-corrected chi connectivity index (χ1v) is 7.08. The summed E-state index contributed by atoms with van der Waals surface area (Å²) in [5, 5.41) is 14.5. The van der Waals surface area contributed by atoms with Crippen LogP contribution < -0.4 is 6.15 Å². The van der Waals surface area contributed by atoms with Crippen molar-refractivity contribution in [3.05, 3.63) is 29.7 Å². The van der Waals surface area contributed by atoms with E-state index >= 15 is 0 Å². The predicted octanol–water partition coefficient (Wildman–Crippen LogP) is 2.29. The number of piperidine rings is 1. The molecule has 0 spiro atoms. The lowest BCUT2D eigenvalue weighted by molar-refractivity contribution is 0.108. The van der Waals surface area contributed by atoms with Crippen LogP contribution in [0.3, 0.4) is 0 Å². The summed E-state index contributed by atoms with van der Waals surface area (Å²) >= 11 is 0. The Bertz CT molecular complexity index is 601. The van der Waals surface area contributed by atoms with Crippen molar-refractivity contribution in [2.75, 3.05) is 19.6 Å². The topological polar surface area (TPSA) is 116 Å². The summed E-state index contributed by atoms with van der Waals surface area (Å²) in [7, 11) is 0. The minimum absolute atomic E-state index is 0. The van der Waals surface area contributed by atoms with Crippen molar-refractivity contribution in [1.29, 1.82) is 0 Å². The molecular formula is C15H25ClFN3O3. The molecule has 8 heteroatoms. The molecule has 1 unspecified atom stereocenters. The number of likely N-dealkylation sites (tertiary alicyclic amines) is 1. The van der Waals surface area contributed by atoms with Gasteiger partial charge in [0.15, 0.2) is 5.58 Å². The van der Waals surface area contributed by atoms with Crippen molar-refractivity contribution in [3.8, 4) is 0 Å². The van der Waals surface area contributed by atoms with Gasteiger partial charge in [0, 0.05) is 23.9 Å². The van der Waals surface area contributed by atoms with Crippen LogP contribution in [-0.4, -0.2) is 46.4 Å². The summed E-state index contributed by atoms with van der Waals surface area (Å²) in [5.74, 6) is 0.0545. The van der Waals surface area contributed by atoms with Gasteiger partial charge >= 0.3 is 0 Å². The molecule has 23 heavy (non-hydrogen) atoms. The van der Waals surface area contributed by atoms with Crippen LogP contribution in [0.2, 0.25) is 0 Å². The number of aliphatic hydroxyl groups is 1. The van der Waals surface area contributed by atoms with Crippen molar-refractivity contribution in [2.24, 2.45) is 0 Å². The van der Waals surface area contributed by atoms with Crippen LogP contribution in [0.4, 0.5) is 4.39 Å². The predicted molar refractivity (Wildman–Crippen MR) is 89.9 cm³/mol. The van der Waals surface area contributed by atoms with Gasteiger partial charge in [-0.2, -0.15) is 0 Å². The zero-order valence-electron chi connectivity index (χ0n) is 13.2. The fourth-order valence-electron chi connectivity index (χ4n) is 2.99. The van der Waals surface area contributed by atoms with Gasteiger partial charge < -0.3 is 26.2 Å². The fourth-order valence-corrected chi connectivity index (χ4v) is 2.99. The van der Waals surface area contributed by atoms with Crippen LogP contribution in [-0.2, 0) is 0 Å². The van der Waals surface area contributed by atoms with E-state index in [1.165, 1.54) is 12.1 Å². The summed E-state index contributed by atoms with van der Waals surface area (Å²) in [6, 6.07) is 4.58. The summed E-state index contributed by atoms with van der Waals surface area (Å²) in [6.45, 7) is 4.43. The highest BCUT2D eigenvalue weighted by molar-refractivity contribution is 5.85. The Morgan fingerprint density at radius 2 is 2.04 bits per heavy atom. The Morgan fingerprint density at radius 3 is 2.65 bits per heavy atom. The molecule has 0 bridgehead atoms. The van der Waals surface area contributed by atoms with E-state index in [1.54, 1.807) is 6.07 Å². The standard InChI is InChI=1S/C15H19FN2O2.ClH.H3N.H2O/c1-10(19)9-18-6-4-11(5-7-18)15-13-3-2-12(16)8-14(13)20-17-15;;;/h2-3,8,10-11,19H,4-7,9H2,1H3;1H;1H3;1H2. The first-order valence-electron chi connectivity index (χ1n) is 7.08. The first-order chi connectivity index (χ1) is 9.63. The lowest BCUT2D eigenvalue weighted by Crippen LogP contribution is -2.37. The molecule has 0 radical (unpaired) electrons. The normalized spacial score (nSPS) is 17.0. The van der Waals surface area contributed by atoms with E-state index in [0.29, 0.717) is 11.5 Å². The molecular weight excluding hydrogens is 325 g/mol. The highest BCUT2D eigenvalue weighted by Gasteiger charge is 2.25. The molecule has 3 rings (SSSR count). The lowest BCUT2D eigenvalue weighted by atomic mass is 9.91. The maximum atomic E-state index is 13.1. The molecule has 1 aromatic heterocycles. The van der Waals surface area contributed by atoms with Gasteiger partial charge in [-0.1, -0.05) is 5.16 Å². The van der Waals surface area contributed by atoms with Gasteiger partial charge in [-0.3, -0.25) is 0 Å². The number of β-amino-alcohol motifs (C(OH)–C–C–N with tert-alkyl or cyclic N) is 1. The van der Waals surface area contributed by atoms with Gasteiger partial charge in [0.25, 0.3) is 0 Å². The number of aromatic nitrogens is 1. The van der Waals surface area contributed by atoms with Crippen molar-refractivity contribution in [2.45, 2.75) is 31.8 Å². The molecule has 2 heterocycles. The van der Waals surface area contributed by atoms with Gasteiger partial charge in [-0.15, -0.1) is 12.4 Å². The molecule has 0 aliphatic carbocycles. The summed E-state index contributed by atoms with van der Waals surface area (Å²) in [5.41, 5.74) is 1.46. The van der Waals surface area contributed by atoms with E-state index < -0.39 is 0 Å². The third-order valence-electron chi connectivity index (χ3n) is 3.96. The maximum absolute atomic E-state index is 13.1. The first kappa shape index (κ1) is 21.8. The van der Waals surface area contributed by atoms with Crippen LogP contribution in [0.25, 0.3) is 11.0 Å². The number of fused-ring (bicyclic) bond motifs is 1. The van der Waals surface area contributed by atoms with E-state index in [0.717, 1.165) is 43.6 Å². The average molecular weight is 350 g/mol. The van der Waals surface area contributed by atoms with Crippen molar-refractivity contribution in [3.63, 3.8) is 0 Å². The molecule has 1 aliphatic rings. The Balaban J connectivity index is 0.00000161. The zero-order chi connectivity index (χ0) is 14.1. The second-order valence-corrected chi connectivity index (χ2v) is 5.63. The number of benzene rings is 1. The van der Waals surface area contributed by atoms with E-state index in [2.05, 4.69) is 10.1 Å². The SMILES string of the molecule is CC(O)CN1CCC(c2noc3cc(F)ccc23)CC1.Cl.N.O. The Kier molecular flexibility index (Phi) is 8.65. The number of hydrogen-bond donors (Lipinski definition) is 2. The van der Waals surface area contributed by atoms with Crippen molar-refractivity contribution >= 4 is 23.4 Å². The quantitative estimate of drug-likeness (QED) is 0.881. The zero-order valence-corrected chi connectivity index (χ0v) is 14.0. The molecule has 1 fully saturated rings. The maximum Gasteiger partial charge on any atom is 0.170 e. The molecule has 1 aromatic carbocycles. The molecule has 0 amide bonds. The number of rotatable bonds is 3. The van der Waals surface area contributed by atoms with Gasteiger partial charge in [-0.25, -0.2) is 4.39 Å². The van der Waals surface area contributed by atoms with Gasteiger partial charge in [0.05, 0.1) is 11.8 Å². The second-order valence-electron chi connectivity index (χ2n) is 5.63. The van der Waals surface area contributed by atoms with Crippen LogP contribution in [0.5, 0.6) is 0 Å². The number of aliphatic hydroxyl groups excluding tert-OH is 1. The molecule has 1 atom stereocenters. The van der Waals surface area contributed by atoms with E-state index in [-0.39, 0.29) is 36.0 Å². The smallest absolute Gasteiger partial charge is 0.170 e. The Hall–Kier alpha value is -1.25. The lowest BCUT2D eigenvalue weighted by Gasteiger charge is -2.31. The molecule has 6 nitrogen and oxygen atoms in total. The van der Waals surface area contributed by atoms with Crippen LogP contribution >= 0.6 is 12.4 Å². The van der Waals surface area contributed by atoms with E-state index in [4.69, 9.17) is 4.52 Å². The summed E-state index contributed by atoms with van der Waals surface area (Å²) in [6.07, 6.45) is 1.69. The monoisotopic (exact) mass is 349 g/mol.